The van der Waals surface area contributed by atoms with Crippen molar-refractivity contribution in [3.8, 4) is 5.88 Å². The van der Waals surface area contributed by atoms with E-state index in [9.17, 15) is 0 Å². The first kappa shape index (κ1) is 12.0. The number of anilines is 1. The average molecular weight is 260 g/mol. The lowest BCUT2D eigenvalue weighted by Gasteiger charge is -2.10. The number of hydrogen-bond acceptors (Lipinski definition) is 6. The summed E-state index contributed by atoms with van der Waals surface area (Å²) in [5, 5.41) is 7.27. The van der Waals surface area contributed by atoms with Crippen LogP contribution in [0.2, 0.25) is 0 Å². The minimum Gasteiger partial charge on any atom is -0.481 e. The van der Waals surface area contributed by atoms with E-state index in [0.29, 0.717) is 17.7 Å². The fourth-order valence-corrected chi connectivity index (χ4v) is 1.83. The van der Waals surface area contributed by atoms with Crippen LogP contribution in [0.4, 0.5) is 5.69 Å². The standard InChI is InChI=1S/C13H16N4O2/c1-8(13-16-12(17-19-13)9-3-4-9)15-10-5-6-11(18-2)14-7-10/h5-9,15H,3-4H2,1-2H3/t8-/m0/s1. The monoisotopic (exact) mass is 260 g/mol. The number of hydrogen-bond donors (Lipinski definition) is 1. The maximum Gasteiger partial charge on any atom is 0.248 e. The Kier molecular flexibility index (Phi) is 3.06. The van der Waals surface area contributed by atoms with Gasteiger partial charge in [-0.1, -0.05) is 5.16 Å². The molecule has 0 aliphatic heterocycles. The van der Waals surface area contributed by atoms with Gasteiger partial charge in [-0.25, -0.2) is 4.98 Å². The van der Waals surface area contributed by atoms with Crippen molar-refractivity contribution >= 4 is 5.69 Å². The molecule has 3 rings (SSSR count). The molecule has 100 valence electrons. The molecule has 1 aliphatic carbocycles. The third-order valence-corrected chi connectivity index (χ3v) is 3.10. The molecule has 2 aromatic heterocycles. The molecule has 0 bridgehead atoms. The van der Waals surface area contributed by atoms with Gasteiger partial charge in [-0.3, -0.25) is 0 Å². The molecular formula is C13H16N4O2. The molecule has 1 saturated carbocycles. The van der Waals surface area contributed by atoms with Crippen LogP contribution in [0.5, 0.6) is 5.88 Å². The van der Waals surface area contributed by atoms with E-state index >= 15 is 0 Å². The van der Waals surface area contributed by atoms with E-state index in [1.54, 1.807) is 19.4 Å². The average Bonchev–Trinajstić information content (AvgIpc) is 3.17. The lowest BCUT2D eigenvalue weighted by atomic mass is 10.3. The van der Waals surface area contributed by atoms with Crippen LogP contribution in [0.1, 0.15) is 43.4 Å². The van der Waals surface area contributed by atoms with Crippen LogP contribution < -0.4 is 10.1 Å². The van der Waals surface area contributed by atoms with Crippen molar-refractivity contribution in [1.29, 1.82) is 0 Å². The topological polar surface area (TPSA) is 73.1 Å². The summed E-state index contributed by atoms with van der Waals surface area (Å²) in [5.41, 5.74) is 0.888. The summed E-state index contributed by atoms with van der Waals surface area (Å²) < 4.78 is 10.3. The zero-order chi connectivity index (χ0) is 13.2. The van der Waals surface area contributed by atoms with Crippen molar-refractivity contribution in [3.63, 3.8) is 0 Å². The Bertz CT molecular complexity index is 548. The molecule has 1 N–H and O–H groups in total. The van der Waals surface area contributed by atoms with Crippen LogP contribution >= 0.6 is 0 Å². The fourth-order valence-electron chi connectivity index (χ4n) is 1.83. The molecule has 0 unspecified atom stereocenters. The van der Waals surface area contributed by atoms with Gasteiger partial charge in [0.25, 0.3) is 0 Å². The van der Waals surface area contributed by atoms with Crippen molar-refractivity contribution in [2.45, 2.75) is 31.7 Å². The molecule has 0 aromatic carbocycles. The van der Waals surface area contributed by atoms with Gasteiger partial charge in [-0.05, 0) is 25.8 Å². The molecule has 19 heavy (non-hydrogen) atoms. The first-order valence-electron chi connectivity index (χ1n) is 6.36. The van der Waals surface area contributed by atoms with Gasteiger partial charge in [0, 0.05) is 12.0 Å². The molecule has 1 fully saturated rings. The van der Waals surface area contributed by atoms with Gasteiger partial charge in [-0.15, -0.1) is 0 Å². The van der Waals surface area contributed by atoms with Crippen LogP contribution in [0, 0.1) is 0 Å². The second kappa shape index (κ2) is 4.87. The molecule has 6 nitrogen and oxygen atoms in total. The molecular weight excluding hydrogens is 244 g/mol. The van der Waals surface area contributed by atoms with Crippen LogP contribution in [-0.2, 0) is 0 Å². The van der Waals surface area contributed by atoms with Crippen molar-refractivity contribution in [3.05, 3.63) is 30.0 Å². The maximum absolute atomic E-state index is 5.28. The molecule has 0 spiro atoms. The van der Waals surface area contributed by atoms with Gasteiger partial charge >= 0.3 is 0 Å². The summed E-state index contributed by atoms with van der Waals surface area (Å²) in [6.45, 7) is 1.98. The maximum atomic E-state index is 5.28. The highest BCUT2D eigenvalue weighted by molar-refractivity contribution is 5.43. The summed E-state index contributed by atoms with van der Waals surface area (Å²) in [4.78, 5) is 8.55. The first-order chi connectivity index (χ1) is 9.26. The lowest BCUT2D eigenvalue weighted by Crippen LogP contribution is -2.07. The summed E-state index contributed by atoms with van der Waals surface area (Å²) >= 11 is 0. The molecule has 0 amide bonds. The van der Waals surface area contributed by atoms with E-state index in [-0.39, 0.29) is 6.04 Å². The third kappa shape index (κ3) is 2.67. The van der Waals surface area contributed by atoms with Crippen molar-refractivity contribution in [2.75, 3.05) is 12.4 Å². The lowest BCUT2D eigenvalue weighted by molar-refractivity contribution is 0.362. The predicted octanol–water partition coefficient (Wildman–Crippen LogP) is 2.52. The number of ether oxygens (including phenoxy) is 1. The highest BCUT2D eigenvalue weighted by Crippen LogP contribution is 2.38. The third-order valence-electron chi connectivity index (χ3n) is 3.10. The van der Waals surface area contributed by atoms with Crippen molar-refractivity contribution < 1.29 is 9.26 Å². The number of pyridine rings is 1. The largest absolute Gasteiger partial charge is 0.481 e. The van der Waals surface area contributed by atoms with Crippen molar-refractivity contribution in [1.82, 2.24) is 15.1 Å². The number of rotatable bonds is 5. The molecule has 0 saturated heterocycles. The molecule has 6 heteroatoms. The van der Waals surface area contributed by atoms with Crippen LogP contribution in [0.15, 0.2) is 22.9 Å². The van der Waals surface area contributed by atoms with Gasteiger partial charge in [0.05, 0.1) is 19.0 Å². The van der Waals surface area contributed by atoms with E-state index in [1.807, 2.05) is 13.0 Å². The minimum atomic E-state index is -0.0461. The smallest absolute Gasteiger partial charge is 0.248 e. The number of aromatic nitrogens is 3. The summed E-state index contributed by atoms with van der Waals surface area (Å²) in [6, 6.07) is 3.66. The number of methoxy groups -OCH3 is 1. The van der Waals surface area contributed by atoms with Gasteiger partial charge < -0.3 is 14.6 Å². The Labute approximate surface area is 111 Å². The summed E-state index contributed by atoms with van der Waals surface area (Å²) in [7, 11) is 1.59. The first-order valence-corrected chi connectivity index (χ1v) is 6.36. The van der Waals surface area contributed by atoms with Gasteiger partial charge in [0.15, 0.2) is 5.82 Å². The number of nitrogens with zero attached hydrogens (tertiary/aromatic N) is 3. The second-order valence-corrected chi connectivity index (χ2v) is 4.72. The Hall–Kier alpha value is -2.11. The molecule has 0 radical (unpaired) electrons. The molecule has 2 aromatic rings. The number of nitrogens with one attached hydrogen (secondary N) is 1. The normalized spacial score (nSPS) is 16.1. The van der Waals surface area contributed by atoms with Crippen LogP contribution in [0.25, 0.3) is 0 Å². The zero-order valence-corrected chi connectivity index (χ0v) is 11.0. The predicted molar refractivity (Wildman–Crippen MR) is 69.1 cm³/mol. The summed E-state index contributed by atoms with van der Waals surface area (Å²) in [5.74, 6) is 2.54. The zero-order valence-electron chi connectivity index (χ0n) is 11.0. The van der Waals surface area contributed by atoms with Crippen LogP contribution in [0.3, 0.4) is 0 Å². The molecule has 1 atom stereocenters. The highest BCUT2D eigenvalue weighted by Gasteiger charge is 2.29. The van der Waals surface area contributed by atoms with E-state index in [1.165, 1.54) is 12.8 Å². The SMILES string of the molecule is COc1ccc(N[C@@H](C)c2nc(C3CC3)no2)cn1. The van der Waals surface area contributed by atoms with E-state index in [4.69, 9.17) is 9.26 Å². The fraction of sp³-hybridized carbons (Fsp3) is 0.462. The minimum absolute atomic E-state index is 0.0461. The van der Waals surface area contributed by atoms with E-state index in [2.05, 4.69) is 20.4 Å². The Morgan fingerprint density at radius 2 is 2.26 bits per heavy atom. The summed E-state index contributed by atoms with van der Waals surface area (Å²) in [6.07, 6.45) is 4.06. The molecule has 1 aliphatic rings. The second-order valence-electron chi connectivity index (χ2n) is 4.72. The Balaban J connectivity index is 1.66. The van der Waals surface area contributed by atoms with E-state index < -0.39 is 0 Å². The van der Waals surface area contributed by atoms with Crippen molar-refractivity contribution in [2.24, 2.45) is 0 Å². The Morgan fingerprint density at radius 1 is 1.42 bits per heavy atom. The molecule has 2 heterocycles. The van der Waals surface area contributed by atoms with Crippen LogP contribution in [-0.4, -0.2) is 22.2 Å². The highest BCUT2D eigenvalue weighted by atomic mass is 16.5. The van der Waals surface area contributed by atoms with Gasteiger partial charge in [0.2, 0.25) is 11.8 Å². The van der Waals surface area contributed by atoms with Gasteiger partial charge in [-0.2, -0.15) is 4.98 Å². The Morgan fingerprint density at radius 3 is 2.89 bits per heavy atom. The van der Waals surface area contributed by atoms with Gasteiger partial charge in [0.1, 0.15) is 6.04 Å². The quantitative estimate of drug-likeness (QED) is 0.890. The van der Waals surface area contributed by atoms with E-state index in [0.717, 1.165) is 11.5 Å².